The Bertz CT molecular complexity index is 499. The van der Waals surface area contributed by atoms with E-state index in [0.29, 0.717) is 18.5 Å². The predicted octanol–water partition coefficient (Wildman–Crippen LogP) is 1.65. The molecule has 0 bridgehead atoms. The summed E-state index contributed by atoms with van der Waals surface area (Å²) in [4.78, 5) is 13.6. The van der Waals surface area contributed by atoms with Gasteiger partial charge in [0.15, 0.2) is 5.96 Å². The number of guanidine groups is 1. The lowest BCUT2D eigenvalue weighted by Crippen LogP contribution is -2.44. The van der Waals surface area contributed by atoms with Gasteiger partial charge in [-0.3, -0.25) is 0 Å². The maximum absolute atomic E-state index is 5.90. The van der Waals surface area contributed by atoms with Crippen LogP contribution in [0.2, 0.25) is 0 Å². The second kappa shape index (κ2) is 9.92. The molecule has 7 heteroatoms. The van der Waals surface area contributed by atoms with Crippen LogP contribution >= 0.6 is 24.0 Å². The minimum Gasteiger partial charge on any atom is -0.370 e. The average Bonchev–Trinajstić information content (AvgIpc) is 2.54. The van der Waals surface area contributed by atoms with Crippen LogP contribution in [0.3, 0.4) is 0 Å². The van der Waals surface area contributed by atoms with Crippen LogP contribution in [0.4, 0.5) is 5.82 Å². The summed E-state index contributed by atoms with van der Waals surface area (Å²) in [6.07, 6.45) is 2.88. The fourth-order valence-electron chi connectivity index (χ4n) is 2.34. The largest absolute Gasteiger partial charge is 0.370 e. The zero-order valence-corrected chi connectivity index (χ0v) is 16.7. The van der Waals surface area contributed by atoms with Crippen molar-refractivity contribution in [2.24, 2.45) is 10.7 Å². The number of nitrogens with one attached hydrogen (secondary N) is 1. The summed E-state index contributed by atoms with van der Waals surface area (Å²) in [5, 5.41) is 3.18. The number of rotatable bonds is 5. The number of nitrogens with zero attached hydrogens (tertiary/aromatic N) is 4. The molecule has 1 aliphatic rings. The molecule has 6 nitrogen and oxygen atoms in total. The van der Waals surface area contributed by atoms with E-state index in [1.165, 1.54) is 0 Å². The number of pyridine rings is 1. The summed E-state index contributed by atoms with van der Waals surface area (Å²) in [7, 11) is 2.16. The van der Waals surface area contributed by atoms with Gasteiger partial charge in [-0.2, -0.15) is 0 Å². The molecule has 0 saturated carbocycles. The molecular weight excluding hydrogens is 403 g/mol. The van der Waals surface area contributed by atoms with Crippen LogP contribution in [0.5, 0.6) is 0 Å². The Morgan fingerprint density at radius 3 is 2.74 bits per heavy atom. The lowest BCUT2D eigenvalue weighted by Gasteiger charge is -2.33. The number of nitrogens with two attached hydrogens (primary N) is 1. The molecule has 2 rings (SSSR count). The first-order valence-corrected chi connectivity index (χ1v) is 8.03. The van der Waals surface area contributed by atoms with Gasteiger partial charge in [0.2, 0.25) is 0 Å². The van der Waals surface area contributed by atoms with Gasteiger partial charge >= 0.3 is 0 Å². The fraction of sp³-hybridized carbons (Fsp3) is 0.625. The van der Waals surface area contributed by atoms with Gasteiger partial charge in [0.25, 0.3) is 0 Å². The van der Waals surface area contributed by atoms with Gasteiger partial charge in [0.1, 0.15) is 5.82 Å². The molecule has 1 aliphatic heterocycles. The standard InChI is InChI=1S/C16H28N6.HI/c1-4-13(2)20-16(17)19-12-14-5-6-18-15(11-14)22-9-7-21(3)8-10-22;/h5-6,11,13H,4,7-10,12H2,1-3H3,(H3,17,19,20);1H. The highest BCUT2D eigenvalue weighted by Crippen LogP contribution is 2.15. The third-order valence-corrected chi connectivity index (χ3v) is 4.08. The molecule has 1 aromatic heterocycles. The maximum atomic E-state index is 5.90. The minimum absolute atomic E-state index is 0. The number of piperazine rings is 1. The third kappa shape index (κ3) is 6.50. The lowest BCUT2D eigenvalue weighted by atomic mass is 10.2. The molecule has 23 heavy (non-hydrogen) atoms. The van der Waals surface area contributed by atoms with Crippen molar-refractivity contribution < 1.29 is 0 Å². The van der Waals surface area contributed by atoms with Crippen LogP contribution in [0.15, 0.2) is 23.3 Å². The normalized spacial score (nSPS) is 17.5. The molecule has 1 aromatic rings. The number of hydrogen-bond acceptors (Lipinski definition) is 4. The van der Waals surface area contributed by atoms with Crippen LogP contribution in [-0.2, 0) is 6.54 Å². The molecule has 0 aliphatic carbocycles. The minimum atomic E-state index is 0. The van der Waals surface area contributed by atoms with Crippen molar-refractivity contribution in [1.82, 2.24) is 15.2 Å². The van der Waals surface area contributed by atoms with E-state index < -0.39 is 0 Å². The zero-order chi connectivity index (χ0) is 15.9. The summed E-state index contributed by atoms with van der Waals surface area (Å²) in [5.41, 5.74) is 7.04. The Labute approximate surface area is 156 Å². The first-order valence-electron chi connectivity index (χ1n) is 8.03. The lowest BCUT2D eigenvalue weighted by molar-refractivity contribution is 0.312. The number of aliphatic imine (C=N–C) groups is 1. The fourth-order valence-corrected chi connectivity index (χ4v) is 2.34. The smallest absolute Gasteiger partial charge is 0.189 e. The molecule has 130 valence electrons. The molecule has 0 radical (unpaired) electrons. The van der Waals surface area contributed by atoms with Crippen molar-refractivity contribution in [2.75, 3.05) is 38.1 Å². The van der Waals surface area contributed by atoms with Gasteiger partial charge in [-0.1, -0.05) is 6.92 Å². The van der Waals surface area contributed by atoms with Gasteiger partial charge in [-0.05, 0) is 38.1 Å². The summed E-state index contributed by atoms with van der Waals surface area (Å²) in [6.45, 7) is 9.00. The number of anilines is 1. The van der Waals surface area contributed by atoms with E-state index in [1.807, 2.05) is 12.3 Å². The van der Waals surface area contributed by atoms with E-state index >= 15 is 0 Å². The second-order valence-electron chi connectivity index (χ2n) is 5.97. The number of hydrogen-bond donors (Lipinski definition) is 2. The molecule has 1 fully saturated rings. The number of halogens is 1. The summed E-state index contributed by atoms with van der Waals surface area (Å²) in [5.74, 6) is 1.54. The summed E-state index contributed by atoms with van der Waals surface area (Å²) in [6, 6.07) is 4.47. The second-order valence-corrected chi connectivity index (χ2v) is 5.97. The topological polar surface area (TPSA) is 69.8 Å². The molecule has 0 amide bonds. The average molecular weight is 432 g/mol. The Balaban J connectivity index is 0.00000264. The van der Waals surface area contributed by atoms with Crippen molar-refractivity contribution >= 4 is 35.8 Å². The Hall–Kier alpha value is -1.09. The van der Waals surface area contributed by atoms with E-state index in [0.717, 1.165) is 44.0 Å². The highest BCUT2D eigenvalue weighted by Gasteiger charge is 2.15. The summed E-state index contributed by atoms with van der Waals surface area (Å²) >= 11 is 0. The Kier molecular flexibility index (Phi) is 8.60. The van der Waals surface area contributed by atoms with Gasteiger partial charge < -0.3 is 20.9 Å². The summed E-state index contributed by atoms with van der Waals surface area (Å²) < 4.78 is 0. The third-order valence-electron chi connectivity index (χ3n) is 4.08. The van der Waals surface area contributed by atoms with Gasteiger partial charge in [-0.15, -0.1) is 24.0 Å². The van der Waals surface area contributed by atoms with Crippen LogP contribution in [0, 0.1) is 0 Å². The van der Waals surface area contributed by atoms with Crippen molar-refractivity contribution in [3.05, 3.63) is 23.9 Å². The highest BCUT2D eigenvalue weighted by molar-refractivity contribution is 14.0. The molecule has 2 heterocycles. The van der Waals surface area contributed by atoms with Crippen molar-refractivity contribution in [3.8, 4) is 0 Å². The molecule has 0 aromatic carbocycles. The monoisotopic (exact) mass is 432 g/mol. The molecular formula is C16H29IN6. The van der Waals surface area contributed by atoms with Crippen LogP contribution in [0.1, 0.15) is 25.8 Å². The van der Waals surface area contributed by atoms with Crippen LogP contribution in [-0.4, -0.2) is 55.1 Å². The van der Waals surface area contributed by atoms with Gasteiger partial charge in [-0.25, -0.2) is 9.98 Å². The quantitative estimate of drug-likeness (QED) is 0.421. The van der Waals surface area contributed by atoms with E-state index in [1.54, 1.807) is 0 Å². The molecule has 3 N–H and O–H groups in total. The van der Waals surface area contributed by atoms with Gasteiger partial charge in [0.05, 0.1) is 6.54 Å². The SMILES string of the molecule is CCC(C)NC(N)=NCc1ccnc(N2CCN(C)CC2)c1.I. The van der Waals surface area contributed by atoms with E-state index in [-0.39, 0.29) is 24.0 Å². The molecule has 0 spiro atoms. The molecule has 1 unspecified atom stereocenters. The molecule has 1 atom stereocenters. The first-order chi connectivity index (χ1) is 10.6. The van der Waals surface area contributed by atoms with Crippen LogP contribution in [0.25, 0.3) is 0 Å². The first kappa shape index (κ1) is 20.0. The predicted molar refractivity (Wildman–Crippen MR) is 108 cm³/mol. The van der Waals surface area contributed by atoms with Crippen molar-refractivity contribution in [3.63, 3.8) is 0 Å². The zero-order valence-electron chi connectivity index (χ0n) is 14.3. The maximum Gasteiger partial charge on any atom is 0.189 e. The molecule has 1 saturated heterocycles. The van der Waals surface area contributed by atoms with Gasteiger partial charge in [0, 0.05) is 38.4 Å². The van der Waals surface area contributed by atoms with Crippen LogP contribution < -0.4 is 16.0 Å². The van der Waals surface area contributed by atoms with E-state index in [2.05, 4.69) is 52.1 Å². The number of likely N-dealkylation sites (N-methyl/N-ethyl adjacent to an activating group) is 1. The van der Waals surface area contributed by atoms with Crippen molar-refractivity contribution in [2.45, 2.75) is 32.9 Å². The highest BCUT2D eigenvalue weighted by atomic mass is 127. The van der Waals surface area contributed by atoms with E-state index in [4.69, 9.17) is 5.73 Å². The Morgan fingerprint density at radius 1 is 1.39 bits per heavy atom. The number of aromatic nitrogens is 1. The Morgan fingerprint density at radius 2 is 2.09 bits per heavy atom. The van der Waals surface area contributed by atoms with E-state index in [9.17, 15) is 0 Å². The van der Waals surface area contributed by atoms with Crippen molar-refractivity contribution in [1.29, 1.82) is 0 Å².